The van der Waals surface area contributed by atoms with Crippen LogP contribution in [-0.2, 0) is 0 Å². The average Bonchev–Trinajstić information content (AvgIpc) is 2.38. The molecule has 0 aliphatic carbocycles. The molecule has 0 spiro atoms. The normalized spacial score (nSPS) is 20.2. The fraction of sp³-hybridized carbons (Fsp3) is 0.500. The molecule has 1 aromatic carbocycles. The zero-order valence-electron chi connectivity index (χ0n) is 10.9. The Kier molecular flexibility index (Phi) is 4.40. The number of nitrogens with zero attached hydrogens (tertiary/aromatic N) is 2. The van der Waals surface area contributed by atoms with Gasteiger partial charge in [0, 0.05) is 34.9 Å². The summed E-state index contributed by atoms with van der Waals surface area (Å²) in [5, 5.41) is 0. The predicted molar refractivity (Wildman–Crippen MR) is 78.5 cm³/mol. The molecule has 0 amide bonds. The molecule has 1 unspecified atom stereocenters. The average molecular weight is 311 g/mol. The first-order valence-corrected chi connectivity index (χ1v) is 7.07. The highest BCUT2D eigenvalue weighted by molar-refractivity contribution is 9.10. The van der Waals surface area contributed by atoms with Gasteiger partial charge in [-0.2, -0.15) is 0 Å². The lowest BCUT2D eigenvalue weighted by Gasteiger charge is -2.37. The highest BCUT2D eigenvalue weighted by Gasteiger charge is 2.21. The van der Waals surface area contributed by atoms with Crippen LogP contribution in [0.25, 0.3) is 0 Å². The summed E-state index contributed by atoms with van der Waals surface area (Å²) in [7, 11) is 4.28. The van der Waals surface area contributed by atoms with Crippen molar-refractivity contribution in [2.75, 3.05) is 32.1 Å². The first-order chi connectivity index (χ1) is 8.61. The molecule has 0 bridgehead atoms. The third kappa shape index (κ3) is 2.93. The lowest BCUT2D eigenvalue weighted by Crippen LogP contribution is -2.45. The number of carbonyl (C=O) groups excluding carboxylic acids is 1. The van der Waals surface area contributed by atoms with Gasteiger partial charge in [0.25, 0.3) is 0 Å². The summed E-state index contributed by atoms with van der Waals surface area (Å²) in [6.07, 6.45) is 3.36. The number of anilines is 1. The Morgan fingerprint density at radius 1 is 1.44 bits per heavy atom. The number of benzene rings is 1. The smallest absolute Gasteiger partial charge is 0.151 e. The van der Waals surface area contributed by atoms with Crippen LogP contribution in [0.1, 0.15) is 23.2 Å². The zero-order valence-corrected chi connectivity index (χ0v) is 12.5. The van der Waals surface area contributed by atoms with Crippen molar-refractivity contribution in [3.05, 3.63) is 28.2 Å². The summed E-state index contributed by atoms with van der Waals surface area (Å²) in [6, 6.07) is 6.57. The highest BCUT2D eigenvalue weighted by Crippen LogP contribution is 2.26. The van der Waals surface area contributed by atoms with Gasteiger partial charge in [-0.3, -0.25) is 4.79 Å². The summed E-state index contributed by atoms with van der Waals surface area (Å²) in [5.74, 6) is 0. The number of carbonyl (C=O) groups is 1. The van der Waals surface area contributed by atoms with Gasteiger partial charge in [-0.1, -0.05) is 0 Å². The molecule has 98 valence electrons. The molecular weight excluding hydrogens is 292 g/mol. The van der Waals surface area contributed by atoms with Gasteiger partial charge in [0.1, 0.15) is 0 Å². The van der Waals surface area contributed by atoms with Gasteiger partial charge in [0.15, 0.2) is 6.29 Å². The van der Waals surface area contributed by atoms with E-state index in [2.05, 4.69) is 39.8 Å². The third-order valence-electron chi connectivity index (χ3n) is 3.60. The second-order valence-corrected chi connectivity index (χ2v) is 5.88. The Morgan fingerprint density at radius 2 is 2.22 bits per heavy atom. The van der Waals surface area contributed by atoms with Crippen molar-refractivity contribution < 1.29 is 4.79 Å². The Bertz CT molecular complexity index is 434. The molecule has 0 aromatic heterocycles. The van der Waals surface area contributed by atoms with Crippen molar-refractivity contribution in [2.24, 2.45) is 0 Å². The first-order valence-electron chi connectivity index (χ1n) is 6.28. The van der Waals surface area contributed by atoms with E-state index in [0.29, 0.717) is 11.6 Å². The van der Waals surface area contributed by atoms with E-state index in [1.807, 2.05) is 18.2 Å². The molecule has 1 aromatic rings. The third-order valence-corrected chi connectivity index (χ3v) is 4.29. The van der Waals surface area contributed by atoms with Gasteiger partial charge in [0.05, 0.1) is 0 Å². The quantitative estimate of drug-likeness (QED) is 0.802. The van der Waals surface area contributed by atoms with Crippen LogP contribution in [0.5, 0.6) is 0 Å². The molecule has 0 saturated carbocycles. The highest BCUT2D eigenvalue weighted by atomic mass is 79.9. The maximum atomic E-state index is 10.8. The fourth-order valence-corrected chi connectivity index (χ4v) is 2.88. The van der Waals surface area contributed by atoms with Crippen molar-refractivity contribution in [1.82, 2.24) is 4.90 Å². The minimum atomic E-state index is 0.614. The second-order valence-electron chi connectivity index (χ2n) is 5.03. The van der Waals surface area contributed by atoms with E-state index in [0.717, 1.165) is 23.8 Å². The Hall–Kier alpha value is -0.870. The molecule has 0 N–H and O–H groups in total. The summed E-state index contributed by atoms with van der Waals surface area (Å²) in [4.78, 5) is 15.5. The van der Waals surface area contributed by atoms with Crippen LogP contribution < -0.4 is 4.90 Å². The summed E-state index contributed by atoms with van der Waals surface area (Å²) >= 11 is 3.45. The first kappa shape index (κ1) is 13.6. The zero-order chi connectivity index (χ0) is 13.1. The van der Waals surface area contributed by atoms with E-state index < -0.39 is 0 Å². The van der Waals surface area contributed by atoms with Gasteiger partial charge in [-0.15, -0.1) is 0 Å². The molecular formula is C14H19BrN2O. The number of likely N-dealkylation sites (N-methyl/N-ethyl adjacent to an activating group) is 1. The van der Waals surface area contributed by atoms with Crippen molar-refractivity contribution in [3.8, 4) is 0 Å². The minimum Gasteiger partial charge on any atom is -0.370 e. The lowest BCUT2D eigenvalue weighted by molar-refractivity contribution is 0.112. The number of hydrogen-bond donors (Lipinski definition) is 0. The van der Waals surface area contributed by atoms with E-state index in [4.69, 9.17) is 0 Å². The second kappa shape index (κ2) is 5.85. The van der Waals surface area contributed by atoms with Crippen molar-refractivity contribution in [2.45, 2.75) is 18.9 Å². The van der Waals surface area contributed by atoms with Crippen molar-refractivity contribution in [1.29, 1.82) is 0 Å². The number of halogens is 1. The van der Waals surface area contributed by atoms with E-state index in [9.17, 15) is 4.79 Å². The number of aldehydes is 1. The summed E-state index contributed by atoms with van der Waals surface area (Å²) < 4.78 is 0.877. The molecule has 1 fully saturated rings. The van der Waals surface area contributed by atoms with E-state index in [1.54, 1.807) is 0 Å². The minimum absolute atomic E-state index is 0.614. The van der Waals surface area contributed by atoms with Gasteiger partial charge in [-0.25, -0.2) is 0 Å². The number of rotatable bonds is 3. The molecule has 3 nitrogen and oxygen atoms in total. The fourth-order valence-electron chi connectivity index (χ4n) is 2.42. The Morgan fingerprint density at radius 3 is 2.83 bits per heavy atom. The Labute approximate surface area is 117 Å². The lowest BCUT2D eigenvalue weighted by atomic mass is 10.0. The topological polar surface area (TPSA) is 23.6 Å². The van der Waals surface area contributed by atoms with Crippen molar-refractivity contribution >= 4 is 27.9 Å². The number of piperidine rings is 1. The molecule has 18 heavy (non-hydrogen) atoms. The molecule has 2 rings (SSSR count). The molecule has 1 aliphatic rings. The summed E-state index contributed by atoms with van der Waals surface area (Å²) in [6.45, 7) is 2.15. The largest absolute Gasteiger partial charge is 0.370 e. The molecule has 1 aliphatic heterocycles. The molecule has 1 saturated heterocycles. The summed E-state index contributed by atoms with van der Waals surface area (Å²) in [5.41, 5.74) is 1.90. The molecule has 4 heteroatoms. The van der Waals surface area contributed by atoms with Gasteiger partial charge in [-0.05, 0) is 61.1 Å². The number of hydrogen-bond acceptors (Lipinski definition) is 3. The molecule has 0 radical (unpaired) electrons. The maximum absolute atomic E-state index is 10.8. The monoisotopic (exact) mass is 310 g/mol. The van der Waals surface area contributed by atoms with Crippen LogP contribution >= 0.6 is 15.9 Å². The van der Waals surface area contributed by atoms with Gasteiger partial charge >= 0.3 is 0 Å². The van der Waals surface area contributed by atoms with Crippen LogP contribution in [-0.4, -0.2) is 44.4 Å². The molecule has 1 atom stereocenters. The van der Waals surface area contributed by atoms with E-state index >= 15 is 0 Å². The van der Waals surface area contributed by atoms with Crippen LogP contribution in [0.2, 0.25) is 0 Å². The predicted octanol–water partition coefficient (Wildman–Crippen LogP) is 2.79. The van der Waals surface area contributed by atoms with Gasteiger partial charge in [0.2, 0.25) is 0 Å². The Balaban J connectivity index is 2.15. The van der Waals surface area contributed by atoms with E-state index in [-0.39, 0.29) is 0 Å². The van der Waals surface area contributed by atoms with Crippen LogP contribution in [0.3, 0.4) is 0 Å². The van der Waals surface area contributed by atoms with Crippen LogP contribution in [0, 0.1) is 0 Å². The van der Waals surface area contributed by atoms with Crippen LogP contribution in [0.4, 0.5) is 5.69 Å². The maximum Gasteiger partial charge on any atom is 0.151 e. The SMILES string of the molecule is CN(C)C1CCCN(c2ccc(C=O)c(Br)c2)C1. The standard InChI is InChI=1S/C14H19BrN2O/c1-16(2)13-4-3-7-17(9-13)12-6-5-11(10-18)14(15)8-12/h5-6,8,10,13H,3-4,7,9H2,1-2H3. The van der Waals surface area contributed by atoms with Gasteiger partial charge < -0.3 is 9.80 Å². The van der Waals surface area contributed by atoms with Crippen LogP contribution in [0.15, 0.2) is 22.7 Å². The van der Waals surface area contributed by atoms with E-state index in [1.165, 1.54) is 18.5 Å². The van der Waals surface area contributed by atoms with Crippen molar-refractivity contribution in [3.63, 3.8) is 0 Å². The molecule has 1 heterocycles.